The summed E-state index contributed by atoms with van der Waals surface area (Å²) in [4.78, 5) is 30.2. The Balaban J connectivity index is 2.26. The van der Waals surface area contributed by atoms with Crippen LogP contribution in [0.1, 0.15) is 31.2 Å². The molecule has 0 bridgehead atoms. The highest BCUT2D eigenvalue weighted by atomic mass is 31.2. The van der Waals surface area contributed by atoms with Gasteiger partial charge in [-0.25, -0.2) is 4.57 Å². The molecule has 1 aliphatic rings. The number of hydrogen-bond acceptors (Lipinski definition) is 3. The van der Waals surface area contributed by atoms with E-state index in [1.54, 1.807) is 24.3 Å². The van der Waals surface area contributed by atoms with Gasteiger partial charge in [0.05, 0.1) is 0 Å². The molecule has 0 spiro atoms. The summed E-state index contributed by atoms with van der Waals surface area (Å²) >= 11 is 0. The first-order valence-electron chi connectivity index (χ1n) is 6.82. The molecule has 22 heavy (non-hydrogen) atoms. The van der Waals surface area contributed by atoms with Gasteiger partial charge in [-0.3, -0.25) is 9.88 Å². The number of ketones is 1. The van der Waals surface area contributed by atoms with Gasteiger partial charge in [0, 0.05) is 17.7 Å². The van der Waals surface area contributed by atoms with Gasteiger partial charge in [0.1, 0.15) is 5.75 Å². The Morgan fingerprint density at radius 2 is 2.09 bits per heavy atom. The van der Waals surface area contributed by atoms with Gasteiger partial charge >= 0.3 is 7.75 Å². The highest BCUT2D eigenvalue weighted by Crippen LogP contribution is 2.35. The van der Waals surface area contributed by atoms with Crippen molar-refractivity contribution in [2.75, 3.05) is 0 Å². The maximum atomic E-state index is 12.0. The predicted molar refractivity (Wildman–Crippen MR) is 82.1 cm³/mol. The summed E-state index contributed by atoms with van der Waals surface area (Å²) in [5.41, 5.74) is 1.47. The van der Waals surface area contributed by atoms with Gasteiger partial charge in [-0.15, -0.1) is 0 Å². The Hall–Kier alpha value is -1.88. The van der Waals surface area contributed by atoms with Crippen LogP contribution in [0.2, 0.25) is 0 Å². The van der Waals surface area contributed by atoms with E-state index in [1.165, 1.54) is 6.08 Å². The number of phenols is 1. The third-order valence-electron chi connectivity index (χ3n) is 3.48. The first-order valence-corrected chi connectivity index (χ1v) is 8.43. The molecular formula is C15H18NO5P. The van der Waals surface area contributed by atoms with Gasteiger partial charge in [-0.1, -0.05) is 25.1 Å². The third kappa shape index (κ3) is 4.31. The van der Waals surface area contributed by atoms with Gasteiger partial charge in [0.15, 0.2) is 5.78 Å². The number of aromatic hydroxyl groups is 1. The van der Waals surface area contributed by atoms with Crippen molar-refractivity contribution in [2.45, 2.75) is 25.7 Å². The molecule has 0 radical (unpaired) electrons. The van der Waals surface area contributed by atoms with E-state index in [4.69, 9.17) is 9.79 Å². The quantitative estimate of drug-likeness (QED) is 0.620. The molecule has 0 aliphatic heterocycles. The van der Waals surface area contributed by atoms with Crippen molar-refractivity contribution in [2.24, 2.45) is 0 Å². The Kier molecular flexibility index (Phi) is 4.86. The first-order chi connectivity index (χ1) is 10.3. The smallest absolute Gasteiger partial charge is 0.427 e. The van der Waals surface area contributed by atoms with Crippen molar-refractivity contribution in [1.29, 1.82) is 0 Å². The standard InChI is InChI=1S/C15H18NO5P/c1-10(11-4-2-5-12(17)9-11)8-13-14(16-22(19,20)21)6-3-7-15(13)18/h2-5,7,9-10,17H,6,8H2,1H3,(H3,16,19,20,21). The summed E-state index contributed by atoms with van der Waals surface area (Å²) in [6.45, 7) is 1.89. The van der Waals surface area contributed by atoms with Gasteiger partial charge in [0.2, 0.25) is 0 Å². The van der Waals surface area contributed by atoms with Crippen LogP contribution in [0.5, 0.6) is 5.75 Å². The summed E-state index contributed by atoms with van der Waals surface area (Å²) in [5.74, 6) is -0.193. The molecule has 0 saturated carbocycles. The minimum Gasteiger partial charge on any atom is -0.508 e. The van der Waals surface area contributed by atoms with Crippen molar-refractivity contribution in [3.05, 3.63) is 53.3 Å². The molecule has 1 unspecified atom stereocenters. The summed E-state index contributed by atoms with van der Waals surface area (Å²) in [7, 11) is -4.46. The average Bonchev–Trinajstić information content (AvgIpc) is 2.41. The fourth-order valence-electron chi connectivity index (χ4n) is 2.42. The summed E-state index contributed by atoms with van der Waals surface area (Å²) in [5, 5.41) is 11.7. The molecule has 1 aromatic rings. The molecule has 1 aliphatic carbocycles. The largest absolute Gasteiger partial charge is 0.508 e. The maximum absolute atomic E-state index is 12.0. The van der Waals surface area contributed by atoms with E-state index < -0.39 is 7.75 Å². The van der Waals surface area contributed by atoms with Gasteiger partial charge in [-0.2, -0.15) is 0 Å². The molecule has 4 N–H and O–H groups in total. The predicted octanol–water partition coefficient (Wildman–Crippen LogP) is 2.35. The Labute approximate surface area is 128 Å². The first kappa shape index (κ1) is 16.5. The Bertz CT molecular complexity index is 689. The lowest BCUT2D eigenvalue weighted by atomic mass is 9.88. The van der Waals surface area contributed by atoms with Crippen LogP contribution in [-0.2, 0) is 9.36 Å². The van der Waals surface area contributed by atoms with Gasteiger partial charge < -0.3 is 14.9 Å². The van der Waals surface area contributed by atoms with Gasteiger partial charge in [-0.05, 0) is 36.1 Å². The zero-order chi connectivity index (χ0) is 16.3. The molecular weight excluding hydrogens is 305 g/mol. The van der Waals surface area contributed by atoms with Crippen molar-refractivity contribution in [3.8, 4) is 5.75 Å². The summed E-state index contributed by atoms with van der Waals surface area (Å²) in [6.07, 6.45) is 3.59. The Morgan fingerprint density at radius 3 is 2.73 bits per heavy atom. The number of nitrogens with one attached hydrogen (secondary N) is 1. The number of hydrogen-bond donors (Lipinski definition) is 4. The monoisotopic (exact) mass is 323 g/mol. The lowest BCUT2D eigenvalue weighted by Crippen LogP contribution is -2.19. The van der Waals surface area contributed by atoms with Crippen molar-refractivity contribution >= 4 is 13.5 Å². The second-order valence-corrected chi connectivity index (χ2v) is 6.60. The van der Waals surface area contributed by atoms with Crippen molar-refractivity contribution in [3.63, 3.8) is 0 Å². The second kappa shape index (κ2) is 6.48. The van der Waals surface area contributed by atoms with E-state index in [1.807, 2.05) is 13.0 Å². The summed E-state index contributed by atoms with van der Waals surface area (Å²) in [6, 6.07) is 6.73. The molecule has 1 aromatic carbocycles. The van der Waals surface area contributed by atoms with Crippen molar-refractivity contribution in [1.82, 2.24) is 5.09 Å². The molecule has 1 atom stereocenters. The van der Waals surface area contributed by atoms with Crippen LogP contribution >= 0.6 is 7.75 Å². The molecule has 2 rings (SSSR count). The number of carbonyl (C=O) groups excluding carboxylic acids is 1. The zero-order valence-corrected chi connectivity index (χ0v) is 13.0. The highest BCUT2D eigenvalue weighted by molar-refractivity contribution is 7.49. The molecule has 0 heterocycles. The number of carbonyl (C=O) groups is 1. The molecule has 0 amide bonds. The fourth-order valence-corrected chi connectivity index (χ4v) is 3.00. The average molecular weight is 323 g/mol. The van der Waals surface area contributed by atoms with Crippen LogP contribution in [0.15, 0.2) is 47.7 Å². The molecule has 0 saturated heterocycles. The van der Waals surface area contributed by atoms with Crippen LogP contribution < -0.4 is 5.09 Å². The molecule has 0 aromatic heterocycles. The molecule has 6 nitrogen and oxygen atoms in total. The number of phenolic OH excluding ortho intramolecular Hbond substituents is 1. The minimum atomic E-state index is -4.46. The van der Waals surface area contributed by atoms with Crippen LogP contribution in [-0.4, -0.2) is 20.7 Å². The fraction of sp³-hybridized carbons (Fsp3) is 0.267. The third-order valence-corrected chi connectivity index (χ3v) is 4.04. The number of rotatable bonds is 5. The molecule has 0 fully saturated rings. The zero-order valence-electron chi connectivity index (χ0n) is 12.1. The van der Waals surface area contributed by atoms with Crippen molar-refractivity contribution < 1.29 is 24.3 Å². The van der Waals surface area contributed by atoms with Crippen LogP contribution in [0.3, 0.4) is 0 Å². The number of benzene rings is 1. The highest BCUT2D eigenvalue weighted by Gasteiger charge is 2.24. The molecule has 7 heteroatoms. The van der Waals surface area contributed by atoms with Crippen LogP contribution in [0.4, 0.5) is 0 Å². The SMILES string of the molecule is CC(CC1=C(NP(=O)(O)O)CC=CC1=O)c1cccc(O)c1. The Morgan fingerprint density at radius 1 is 1.36 bits per heavy atom. The number of allylic oxidation sites excluding steroid dienone is 3. The lowest BCUT2D eigenvalue weighted by Gasteiger charge is -2.21. The van der Waals surface area contributed by atoms with E-state index in [0.717, 1.165) is 5.56 Å². The summed E-state index contributed by atoms with van der Waals surface area (Å²) < 4.78 is 11.1. The van der Waals surface area contributed by atoms with E-state index >= 15 is 0 Å². The topological polar surface area (TPSA) is 107 Å². The minimum absolute atomic E-state index is 0.0777. The van der Waals surface area contributed by atoms with Crippen LogP contribution in [0.25, 0.3) is 0 Å². The van der Waals surface area contributed by atoms with E-state index in [0.29, 0.717) is 12.0 Å². The van der Waals surface area contributed by atoms with E-state index in [-0.39, 0.29) is 29.6 Å². The lowest BCUT2D eigenvalue weighted by molar-refractivity contribution is -0.111. The van der Waals surface area contributed by atoms with Crippen LogP contribution in [0, 0.1) is 0 Å². The van der Waals surface area contributed by atoms with E-state index in [9.17, 15) is 14.5 Å². The van der Waals surface area contributed by atoms with E-state index in [2.05, 4.69) is 5.09 Å². The second-order valence-electron chi connectivity index (χ2n) is 5.28. The maximum Gasteiger partial charge on any atom is 0.427 e. The van der Waals surface area contributed by atoms with Gasteiger partial charge in [0.25, 0.3) is 0 Å². The normalized spacial score (nSPS) is 16.8. The molecule has 118 valence electrons.